The number of anilines is 1. The molecule has 0 unspecified atom stereocenters. The lowest BCUT2D eigenvalue weighted by Crippen LogP contribution is -2.42. The summed E-state index contributed by atoms with van der Waals surface area (Å²) >= 11 is 6.22. The molecule has 0 atom stereocenters. The lowest BCUT2D eigenvalue weighted by atomic mass is 9.92. The van der Waals surface area contributed by atoms with Crippen LogP contribution in [0, 0.1) is 11.3 Å². The molecule has 0 spiro atoms. The molecule has 3 heterocycles. The Morgan fingerprint density at radius 3 is 2.67 bits per heavy atom. The zero-order chi connectivity index (χ0) is 17.3. The van der Waals surface area contributed by atoms with Crippen molar-refractivity contribution in [3.05, 3.63) is 28.9 Å². The van der Waals surface area contributed by atoms with Gasteiger partial charge in [-0.2, -0.15) is 10.2 Å². The van der Waals surface area contributed by atoms with E-state index in [-0.39, 0.29) is 23.9 Å². The second-order valence-electron chi connectivity index (χ2n) is 5.68. The summed E-state index contributed by atoms with van der Waals surface area (Å²) in [5, 5.41) is 17.2. The number of halogens is 2. The predicted molar refractivity (Wildman–Crippen MR) is 85.8 cm³/mol. The first-order valence-corrected chi connectivity index (χ1v) is 7.79. The number of methoxy groups -OCH3 is 1. The minimum Gasteiger partial charge on any atom is -0.481 e. The van der Waals surface area contributed by atoms with Crippen LogP contribution in [0.1, 0.15) is 24.2 Å². The van der Waals surface area contributed by atoms with Crippen LogP contribution < -0.4 is 9.64 Å². The molecule has 126 valence electrons. The van der Waals surface area contributed by atoms with Crippen LogP contribution in [0.2, 0.25) is 5.15 Å². The maximum absolute atomic E-state index is 15.2. The van der Waals surface area contributed by atoms with Gasteiger partial charge in [0.15, 0.2) is 16.6 Å². The van der Waals surface area contributed by atoms with E-state index in [0.717, 1.165) is 0 Å². The molecular weight excluding hydrogens is 335 g/mol. The smallest absolute Gasteiger partial charge is 0.215 e. The molecule has 7 nitrogen and oxygen atoms in total. The minimum atomic E-state index is -1.54. The molecule has 24 heavy (non-hydrogen) atoms. The normalized spacial score (nSPS) is 16.7. The fourth-order valence-corrected chi connectivity index (χ4v) is 3.28. The Hall–Kier alpha value is -2.40. The second-order valence-corrected chi connectivity index (χ2v) is 6.04. The molecule has 3 rings (SSSR count). The van der Waals surface area contributed by atoms with Gasteiger partial charge < -0.3 is 14.2 Å². The number of nitrogens with zero attached hydrogens (tertiary/aromatic N) is 6. The van der Waals surface area contributed by atoms with Gasteiger partial charge in [-0.1, -0.05) is 11.6 Å². The highest BCUT2D eigenvalue weighted by Gasteiger charge is 2.41. The van der Waals surface area contributed by atoms with Crippen molar-refractivity contribution in [2.45, 2.75) is 18.5 Å². The van der Waals surface area contributed by atoms with Gasteiger partial charge in [-0.25, -0.2) is 4.39 Å². The maximum atomic E-state index is 15.2. The molecule has 2 aromatic heterocycles. The van der Waals surface area contributed by atoms with Gasteiger partial charge in [0.05, 0.1) is 18.4 Å². The quantitative estimate of drug-likeness (QED) is 0.789. The standard InChI is InChI=1S/C15H16ClFN6O/c1-22-9-19-21-14(22)15(17)3-5-23(6-4-15)12-10(8-18)7-11(24-2)20-13(12)16/h7,9H,3-6H2,1-2H3. The first-order chi connectivity index (χ1) is 11.5. The number of nitriles is 1. The summed E-state index contributed by atoms with van der Waals surface area (Å²) in [5.41, 5.74) is -0.669. The number of hydrogen-bond donors (Lipinski definition) is 0. The number of piperidine rings is 1. The molecule has 0 saturated carbocycles. The summed E-state index contributed by atoms with van der Waals surface area (Å²) in [4.78, 5) is 5.98. The number of rotatable bonds is 3. The molecule has 0 radical (unpaired) electrons. The van der Waals surface area contributed by atoms with Crippen molar-refractivity contribution in [2.24, 2.45) is 7.05 Å². The summed E-state index contributed by atoms with van der Waals surface area (Å²) in [6.07, 6.45) is 1.95. The molecule has 0 aromatic carbocycles. The Balaban J connectivity index is 1.86. The van der Waals surface area contributed by atoms with Crippen molar-refractivity contribution in [3.8, 4) is 11.9 Å². The summed E-state index contributed by atoms with van der Waals surface area (Å²) in [6.45, 7) is 0.789. The van der Waals surface area contributed by atoms with Crippen LogP contribution in [0.15, 0.2) is 12.4 Å². The number of ether oxygens (including phenoxy) is 1. The Labute approximate surface area is 143 Å². The Kier molecular flexibility index (Phi) is 4.28. The highest BCUT2D eigenvalue weighted by molar-refractivity contribution is 6.32. The van der Waals surface area contributed by atoms with E-state index in [1.165, 1.54) is 19.5 Å². The van der Waals surface area contributed by atoms with E-state index in [2.05, 4.69) is 21.3 Å². The molecular formula is C15H16ClFN6O. The van der Waals surface area contributed by atoms with Crippen LogP contribution in [0.3, 0.4) is 0 Å². The number of hydrogen-bond acceptors (Lipinski definition) is 6. The van der Waals surface area contributed by atoms with Gasteiger partial charge in [0.2, 0.25) is 5.88 Å². The third kappa shape index (κ3) is 2.76. The van der Waals surface area contributed by atoms with E-state index in [1.807, 2.05) is 4.90 Å². The minimum absolute atomic E-state index is 0.177. The fraction of sp³-hybridized carbons (Fsp3) is 0.467. The maximum Gasteiger partial charge on any atom is 0.215 e. The van der Waals surface area contributed by atoms with Crippen LogP contribution in [0.5, 0.6) is 5.88 Å². The largest absolute Gasteiger partial charge is 0.481 e. The van der Waals surface area contributed by atoms with Crippen molar-refractivity contribution in [2.75, 3.05) is 25.1 Å². The van der Waals surface area contributed by atoms with Crippen LogP contribution >= 0.6 is 11.6 Å². The SMILES string of the molecule is COc1cc(C#N)c(N2CCC(F)(c3nncn3C)CC2)c(Cl)n1. The molecule has 1 saturated heterocycles. The topological polar surface area (TPSA) is 79.9 Å². The van der Waals surface area contributed by atoms with Gasteiger partial charge in [0, 0.05) is 39.0 Å². The summed E-state index contributed by atoms with van der Waals surface area (Å²) < 4.78 is 21.8. The van der Waals surface area contributed by atoms with Crippen LogP contribution in [0.4, 0.5) is 10.1 Å². The molecule has 9 heteroatoms. The summed E-state index contributed by atoms with van der Waals surface area (Å²) in [5.74, 6) is 0.595. The predicted octanol–water partition coefficient (Wildman–Crippen LogP) is 2.21. The van der Waals surface area contributed by atoms with Crippen molar-refractivity contribution < 1.29 is 9.13 Å². The molecule has 0 aliphatic carbocycles. The average molecular weight is 351 g/mol. The molecule has 0 amide bonds. The molecule has 2 aromatic rings. The van der Waals surface area contributed by atoms with Crippen molar-refractivity contribution in [1.29, 1.82) is 5.26 Å². The van der Waals surface area contributed by atoms with Crippen molar-refractivity contribution in [1.82, 2.24) is 19.7 Å². The van der Waals surface area contributed by atoms with Crippen LogP contribution in [-0.2, 0) is 12.7 Å². The molecule has 1 fully saturated rings. The molecule has 0 N–H and O–H groups in total. The highest BCUT2D eigenvalue weighted by atomic mass is 35.5. The van der Waals surface area contributed by atoms with Crippen LogP contribution in [0.25, 0.3) is 0 Å². The number of alkyl halides is 1. The van der Waals surface area contributed by atoms with Gasteiger partial charge in [0.1, 0.15) is 12.4 Å². The highest BCUT2D eigenvalue weighted by Crippen LogP contribution is 2.39. The lowest BCUT2D eigenvalue weighted by Gasteiger charge is -2.37. The van der Waals surface area contributed by atoms with E-state index in [1.54, 1.807) is 11.6 Å². The van der Waals surface area contributed by atoms with E-state index in [0.29, 0.717) is 30.2 Å². The monoisotopic (exact) mass is 350 g/mol. The fourth-order valence-electron chi connectivity index (χ4n) is 2.97. The molecule has 1 aliphatic rings. The lowest BCUT2D eigenvalue weighted by molar-refractivity contribution is 0.109. The van der Waals surface area contributed by atoms with E-state index in [4.69, 9.17) is 16.3 Å². The van der Waals surface area contributed by atoms with Crippen LogP contribution in [-0.4, -0.2) is 39.9 Å². The van der Waals surface area contributed by atoms with Gasteiger partial charge >= 0.3 is 0 Å². The van der Waals surface area contributed by atoms with Crippen molar-refractivity contribution >= 4 is 17.3 Å². The first-order valence-electron chi connectivity index (χ1n) is 7.41. The Morgan fingerprint density at radius 2 is 2.12 bits per heavy atom. The third-order valence-corrected chi connectivity index (χ3v) is 4.50. The average Bonchev–Trinajstić information content (AvgIpc) is 3.02. The molecule has 1 aliphatic heterocycles. The van der Waals surface area contributed by atoms with E-state index in [9.17, 15) is 5.26 Å². The third-order valence-electron chi connectivity index (χ3n) is 4.24. The zero-order valence-electron chi connectivity index (χ0n) is 13.3. The van der Waals surface area contributed by atoms with Gasteiger partial charge in [-0.05, 0) is 0 Å². The number of aryl methyl sites for hydroxylation is 1. The van der Waals surface area contributed by atoms with Gasteiger partial charge in [0.25, 0.3) is 0 Å². The second kappa shape index (κ2) is 6.24. The molecule has 0 bridgehead atoms. The first kappa shape index (κ1) is 16.5. The van der Waals surface area contributed by atoms with E-state index < -0.39 is 5.67 Å². The van der Waals surface area contributed by atoms with Crippen molar-refractivity contribution in [3.63, 3.8) is 0 Å². The number of aromatic nitrogens is 4. The zero-order valence-corrected chi connectivity index (χ0v) is 14.1. The van der Waals surface area contributed by atoms with Gasteiger partial charge in [-0.3, -0.25) is 0 Å². The number of pyridine rings is 1. The Morgan fingerprint density at radius 1 is 1.42 bits per heavy atom. The van der Waals surface area contributed by atoms with E-state index >= 15 is 4.39 Å². The summed E-state index contributed by atoms with van der Waals surface area (Å²) in [7, 11) is 3.18. The summed E-state index contributed by atoms with van der Waals surface area (Å²) in [6, 6.07) is 3.63. The Bertz CT molecular complexity index is 794. The van der Waals surface area contributed by atoms with Gasteiger partial charge in [-0.15, -0.1) is 10.2 Å².